The first-order chi connectivity index (χ1) is 13.0. The van der Waals surface area contributed by atoms with Crippen molar-refractivity contribution in [1.29, 1.82) is 0 Å². The van der Waals surface area contributed by atoms with Gasteiger partial charge < -0.3 is 21.1 Å². The molecule has 146 valence electrons. The minimum atomic E-state index is -0.478. The number of ether oxygens (including phenoxy) is 1. The van der Waals surface area contributed by atoms with Gasteiger partial charge in [-0.1, -0.05) is 6.07 Å². The van der Waals surface area contributed by atoms with E-state index in [1.165, 1.54) is 4.90 Å². The molecule has 2 atom stereocenters. The summed E-state index contributed by atoms with van der Waals surface area (Å²) in [6.07, 6.45) is 1.62. The number of pyridine rings is 1. The average molecular weight is 376 g/mol. The summed E-state index contributed by atoms with van der Waals surface area (Å²) >= 11 is 0. The second-order valence-corrected chi connectivity index (χ2v) is 6.64. The number of carbonyl (C=O) groups excluding carboxylic acids is 3. The zero-order valence-corrected chi connectivity index (χ0v) is 15.2. The third-order valence-corrected chi connectivity index (χ3v) is 4.80. The summed E-state index contributed by atoms with van der Waals surface area (Å²) in [5.41, 5.74) is 6.75. The number of hydrogen-bond acceptors (Lipinski definition) is 7. The number of nitrogens with two attached hydrogens (primary N) is 1. The van der Waals surface area contributed by atoms with E-state index in [9.17, 15) is 14.4 Å². The number of anilines is 1. The van der Waals surface area contributed by atoms with Crippen LogP contribution in [0, 0.1) is 0 Å². The number of hydrogen-bond donors (Lipinski definition) is 3. The number of nitrogen functional groups attached to an aromatic ring is 1. The molecule has 2 fully saturated rings. The standard InChI is InChI=1S/C17H24N6O4/c1-19-16(25)13-7-12(21-14(24)10-22-5-6-27-17(22)26)9-23(13)8-11-3-2-4-20-15(11)18/h2-4,12-13H,5-10H2,1H3,(H2,18,20)(H,19,25)(H,21,24)/t12-,13+/m1/s1. The van der Waals surface area contributed by atoms with E-state index >= 15 is 0 Å². The van der Waals surface area contributed by atoms with Crippen molar-refractivity contribution in [2.45, 2.75) is 25.0 Å². The van der Waals surface area contributed by atoms with E-state index < -0.39 is 6.09 Å². The van der Waals surface area contributed by atoms with E-state index in [1.807, 2.05) is 11.0 Å². The molecular formula is C17H24N6O4. The lowest BCUT2D eigenvalue weighted by Crippen LogP contribution is -2.43. The molecule has 2 saturated heterocycles. The van der Waals surface area contributed by atoms with Crippen LogP contribution in [0.15, 0.2) is 18.3 Å². The minimum Gasteiger partial charge on any atom is -0.448 e. The predicted molar refractivity (Wildman–Crippen MR) is 96.4 cm³/mol. The lowest BCUT2D eigenvalue weighted by molar-refractivity contribution is -0.125. The molecule has 0 unspecified atom stereocenters. The number of cyclic esters (lactones) is 1. The molecule has 27 heavy (non-hydrogen) atoms. The number of amides is 3. The van der Waals surface area contributed by atoms with Gasteiger partial charge in [-0.3, -0.25) is 19.4 Å². The second-order valence-electron chi connectivity index (χ2n) is 6.64. The lowest BCUT2D eigenvalue weighted by atomic mass is 10.1. The molecule has 0 spiro atoms. The van der Waals surface area contributed by atoms with E-state index in [4.69, 9.17) is 10.5 Å². The van der Waals surface area contributed by atoms with Crippen LogP contribution in [0.25, 0.3) is 0 Å². The van der Waals surface area contributed by atoms with Crippen LogP contribution in [0.5, 0.6) is 0 Å². The SMILES string of the molecule is CNC(=O)[C@@H]1C[C@@H](NC(=O)CN2CCOC2=O)CN1Cc1cccnc1N. The Balaban J connectivity index is 1.62. The van der Waals surface area contributed by atoms with Crippen molar-refractivity contribution in [2.24, 2.45) is 0 Å². The smallest absolute Gasteiger partial charge is 0.410 e. The Kier molecular flexibility index (Phi) is 5.75. The van der Waals surface area contributed by atoms with Crippen molar-refractivity contribution < 1.29 is 19.1 Å². The third-order valence-electron chi connectivity index (χ3n) is 4.80. The summed E-state index contributed by atoms with van der Waals surface area (Å²) in [5.74, 6) is 0.0442. The maximum atomic E-state index is 12.3. The van der Waals surface area contributed by atoms with Crippen LogP contribution in [-0.4, -0.2) is 78.1 Å². The number of carbonyl (C=O) groups is 3. The summed E-state index contributed by atoms with van der Waals surface area (Å²) in [4.78, 5) is 43.4. The number of nitrogens with zero attached hydrogens (tertiary/aromatic N) is 3. The monoisotopic (exact) mass is 376 g/mol. The maximum Gasteiger partial charge on any atom is 0.410 e. The van der Waals surface area contributed by atoms with Gasteiger partial charge in [0, 0.05) is 37.9 Å². The predicted octanol–water partition coefficient (Wildman–Crippen LogP) is -1.08. The normalized spacial score (nSPS) is 22.6. The molecule has 1 aromatic heterocycles. The summed E-state index contributed by atoms with van der Waals surface area (Å²) < 4.78 is 4.82. The van der Waals surface area contributed by atoms with Crippen molar-refractivity contribution in [1.82, 2.24) is 25.4 Å². The topological polar surface area (TPSA) is 130 Å². The fourth-order valence-electron chi connectivity index (χ4n) is 3.44. The zero-order valence-electron chi connectivity index (χ0n) is 15.2. The van der Waals surface area contributed by atoms with E-state index in [1.54, 1.807) is 19.3 Å². The summed E-state index contributed by atoms with van der Waals surface area (Å²) in [6.45, 7) is 1.62. The Morgan fingerprint density at radius 2 is 2.26 bits per heavy atom. The van der Waals surface area contributed by atoms with Gasteiger partial charge in [0.25, 0.3) is 0 Å². The highest BCUT2D eigenvalue weighted by Gasteiger charge is 2.37. The quantitative estimate of drug-likeness (QED) is 0.576. The Labute approximate surface area is 157 Å². The molecule has 0 radical (unpaired) electrons. The summed E-state index contributed by atoms with van der Waals surface area (Å²) in [6, 6.07) is 3.09. The van der Waals surface area contributed by atoms with E-state index in [-0.39, 0.29) is 30.4 Å². The van der Waals surface area contributed by atoms with Gasteiger partial charge in [0.1, 0.15) is 19.0 Å². The Morgan fingerprint density at radius 1 is 1.44 bits per heavy atom. The van der Waals surface area contributed by atoms with Gasteiger partial charge in [0.05, 0.1) is 12.6 Å². The first kappa shape index (κ1) is 18.9. The summed E-state index contributed by atoms with van der Waals surface area (Å²) in [7, 11) is 1.59. The molecular weight excluding hydrogens is 352 g/mol. The number of aromatic nitrogens is 1. The number of likely N-dealkylation sites (tertiary alicyclic amines) is 1. The molecule has 2 aliphatic heterocycles. The molecule has 10 heteroatoms. The number of likely N-dealkylation sites (N-methyl/N-ethyl adjacent to an activating group) is 1. The molecule has 0 saturated carbocycles. The van der Waals surface area contributed by atoms with E-state index in [2.05, 4.69) is 15.6 Å². The van der Waals surface area contributed by atoms with Crippen molar-refractivity contribution >= 4 is 23.7 Å². The molecule has 0 bridgehead atoms. The number of nitrogens with one attached hydrogen (secondary N) is 2. The third kappa shape index (κ3) is 4.45. The maximum absolute atomic E-state index is 12.3. The molecule has 4 N–H and O–H groups in total. The average Bonchev–Trinajstić information content (AvgIpc) is 3.22. The molecule has 2 aliphatic rings. The minimum absolute atomic E-state index is 0.0461. The van der Waals surface area contributed by atoms with Crippen LogP contribution in [0.1, 0.15) is 12.0 Å². The van der Waals surface area contributed by atoms with Gasteiger partial charge in [0.2, 0.25) is 11.8 Å². The second kappa shape index (κ2) is 8.21. The number of rotatable bonds is 6. The zero-order chi connectivity index (χ0) is 19.4. The van der Waals surface area contributed by atoms with Gasteiger partial charge in [-0.2, -0.15) is 0 Å². The molecule has 1 aromatic rings. The largest absolute Gasteiger partial charge is 0.448 e. The summed E-state index contributed by atoms with van der Waals surface area (Å²) in [5, 5.41) is 5.57. The fourth-order valence-corrected chi connectivity index (χ4v) is 3.44. The highest BCUT2D eigenvalue weighted by Crippen LogP contribution is 2.22. The molecule has 3 rings (SSSR count). The van der Waals surface area contributed by atoms with E-state index in [0.717, 1.165) is 5.56 Å². The highest BCUT2D eigenvalue weighted by molar-refractivity contribution is 5.84. The molecule has 3 heterocycles. The Morgan fingerprint density at radius 3 is 2.93 bits per heavy atom. The first-order valence-electron chi connectivity index (χ1n) is 8.84. The van der Waals surface area contributed by atoms with Crippen LogP contribution in [0.2, 0.25) is 0 Å². The first-order valence-corrected chi connectivity index (χ1v) is 8.84. The van der Waals surface area contributed by atoms with E-state index in [0.29, 0.717) is 38.5 Å². The van der Waals surface area contributed by atoms with Crippen molar-refractivity contribution in [3.63, 3.8) is 0 Å². The fraction of sp³-hybridized carbons (Fsp3) is 0.529. The highest BCUT2D eigenvalue weighted by atomic mass is 16.6. The van der Waals surface area contributed by atoms with Gasteiger partial charge in [0.15, 0.2) is 0 Å². The molecule has 0 aliphatic carbocycles. The van der Waals surface area contributed by atoms with Crippen LogP contribution >= 0.6 is 0 Å². The Hall–Kier alpha value is -2.88. The van der Waals surface area contributed by atoms with Gasteiger partial charge >= 0.3 is 6.09 Å². The molecule has 3 amide bonds. The lowest BCUT2D eigenvalue weighted by Gasteiger charge is -2.23. The van der Waals surface area contributed by atoms with Crippen molar-refractivity contribution in [3.8, 4) is 0 Å². The van der Waals surface area contributed by atoms with Crippen molar-refractivity contribution in [3.05, 3.63) is 23.9 Å². The molecule has 0 aromatic carbocycles. The van der Waals surface area contributed by atoms with Crippen LogP contribution in [0.3, 0.4) is 0 Å². The van der Waals surface area contributed by atoms with Crippen LogP contribution < -0.4 is 16.4 Å². The van der Waals surface area contributed by atoms with Gasteiger partial charge in [-0.25, -0.2) is 9.78 Å². The van der Waals surface area contributed by atoms with Crippen LogP contribution in [0.4, 0.5) is 10.6 Å². The van der Waals surface area contributed by atoms with Gasteiger partial charge in [-0.15, -0.1) is 0 Å². The van der Waals surface area contributed by atoms with Crippen molar-refractivity contribution in [2.75, 3.05) is 39.0 Å². The molecule has 10 nitrogen and oxygen atoms in total. The Bertz CT molecular complexity index is 727. The van der Waals surface area contributed by atoms with Gasteiger partial charge in [-0.05, 0) is 12.5 Å². The van der Waals surface area contributed by atoms with Crippen LogP contribution in [-0.2, 0) is 20.9 Å².